The Kier molecular flexibility index (Phi) is 7.09. The van der Waals surface area contributed by atoms with Crippen LogP contribution >= 0.6 is 0 Å². The van der Waals surface area contributed by atoms with Crippen molar-refractivity contribution < 1.29 is 9.53 Å². The van der Waals surface area contributed by atoms with Gasteiger partial charge in [-0.25, -0.2) is 4.99 Å². The summed E-state index contributed by atoms with van der Waals surface area (Å²) >= 11 is 0. The highest BCUT2D eigenvalue weighted by Crippen LogP contribution is 2.44. The topological polar surface area (TPSA) is 41.9 Å². The average Bonchev–Trinajstić information content (AvgIpc) is 3.58. The lowest BCUT2D eigenvalue weighted by atomic mass is 9.98. The molecule has 2 aromatic rings. The third-order valence-electron chi connectivity index (χ3n) is 6.44. The second kappa shape index (κ2) is 10.2. The molecule has 0 N–H and O–H groups in total. The molecule has 1 fully saturated rings. The molecule has 168 valence electrons. The van der Waals surface area contributed by atoms with Crippen molar-refractivity contribution in [2.24, 2.45) is 4.99 Å². The molecule has 0 spiro atoms. The first-order valence-corrected chi connectivity index (χ1v) is 12.0. The number of nitrogens with zero attached hydrogens (tertiary/aromatic N) is 2. The average molecular weight is 431 g/mol. The van der Waals surface area contributed by atoms with E-state index in [9.17, 15) is 4.79 Å². The predicted octanol–water partition coefficient (Wildman–Crippen LogP) is 5.72. The summed E-state index contributed by atoms with van der Waals surface area (Å²) in [4.78, 5) is 20.1. The van der Waals surface area contributed by atoms with Gasteiger partial charge in [-0.3, -0.25) is 4.79 Å². The minimum Gasteiger partial charge on any atom is -0.466 e. The molecule has 1 heterocycles. The Labute approximate surface area is 192 Å². The Hall–Kier alpha value is -2.88. The van der Waals surface area contributed by atoms with Gasteiger partial charge in [-0.05, 0) is 56.0 Å². The van der Waals surface area contributed by atoms with E-state index in [2.05, 4.69) is 74.2 Å². The Bertz CT molecular complexity index is 974. The quantitative estimate of drug-likeness (QED) is 0.511. The number of benzene rings is 2. The van der Waals surface area contributed by atoms with E-state index in [1.54, 1.807) is 6.08 Å². The number of ketones is 1. The van der Waals surface area contributed by atoms with Crippen LogP contribution in [0.2, 0.25) is 0 Å². The van der Waals surface area contributed by atoms with Crippen LogP contribution in [0.5, 0.6) is 0 Å². The van der Waals surface area contributed by atoms with Gasteiger partial charge >= 0.3 is 0 Å². The molecule has 3 unspecified atom stereocenters. The zero-order valence-electron chi connectivity index (χ0n) is 19.5. The van der Waals surface area contributed by atoms with Crippen LogP contribution in [0.3, 0.4) is 0 Å². The number of anilines is 1. The maximum Gasteiger partial charge on any atom is 0.213 e. The number of rotatable bonds is 9. The smallest absolute Gasteiger partial charge is 0.213 e. The second-order valence-corrected chi connectivity index (χ2v) is 8.73. The third-order valence-corrected chi connectivity index (χ3v) is 6.44. The highest BCUT2D eigenvalue weighted by Gasteiger charge is 2.40. The highest BCUT2D eigenvalue weighted by atomic mass is 16.5. The van der Waals surface area contributed by atoms with Gasteiger partial charge in [0.2, 0.25) is 5.90 Å². The number of carbonyl (C=O) groups is 1. The van der Waals surface area contributed by atoms with Crippen molar-refractivity contribution in [1.29, 1.82) is 0 Å². The summed E-state index contributed by atoms with van der Waals surface area (Å²) in [6, 6.07) is 19.3. The van der Waals surface area contributed by atoms with Crippen molar-refractivity contribution in [3.8, 4) is 0 Å². The molecule has 1 aliphatic heterocycles. The lowest BCUT2D eigenvalue weighted by Crippen LogP contribution is -2.34. The molecule has 0 bridgehead atoms. The van der Waals surface area contributed by atoms with Gasteiger partial charge in [0.25, 0.3) is 0 Å². The monoisotopic (exact) mass is 430 g/mol. The van der Waals surface area contributed by atoms with Gasteiger partial charge in [-0.2, -0.15) is 0 Å². The van der Waals surface area contributed by atoms with E-state index in [4.69, 9.17) is 9.73 Å². The number of ether oxygens (including phenoxy) is 1. The fourth-order valence-corrected chi connectivity index (χ4v) is 4.48. The van der Waals surface area contributed by atoms with Crippen molar-refractivity contribution in [3.05, 3.63) is 77.4 Å². The number of carbonyl (C=O) groups excluding carboxylic acids is 1. The van der Waals surface area contributed by atoms with Gasteiger partial charge in [-0.15, -0.1) is 0 Å². The van der Waals surface area contributed by atoms with Gasteiger partial charge in [0, 0.05) is 36.7 Å². The molecule has 0 aromatic heterocycles. The normalized spacial score (nSPS) is 23.6. The van der Waals surface area contributed by atoms with E-state index in [-0.39, 0.29) is 11.8 Å². The highest BCUT2D eigenvalue weighted by molar-refractivity contribution is 6.08. The maximum atomic E-state index is 12.8. The van der Waals surface area contributed by atoms with Crippen LogP contribution in [0.4, 0.5) is 5.69 Å². The first-order chi connectivity index (χ1) is 15.6. The molecule has 1 saturated carbocycles. The molecule has 4 rings (SSSR count). The van der Waals surface area contributed by atoms with E-state index in [0.29, 0.717) is 18.2 Å². The van der Waals surface area contributed by atoms with Crippen molar-refractivity contribution >= 4 is 17.4 Å². The van der Waals surface area contributed by atoms with Crippen molar-refractivity contribution in [3.63, 3.8) is 0 Å². The number of hydrogen-bond acceptors (Lipinski definition) is 4. The Morgan fingerprint density at radius 3 is 2.38 bits per heavy atom. The summed E-state index contributed by atoms with van der Waals surface area (Å²) in [6.07, 6.45) is 4.67. The van der Waals surface area contributed by atoms with Gasteiger partial charge < -0.3 is 9.64 Å². The summed E-state index contributed by atoms with van der Waals surface area (Å²) in [6.45, 7) is 8.41. The van der Waals surface area contributed by atoms with Gasteiger partial charge in [0.1, 0.15) is 0 Å². The zero-order chi connectivity index (χ0) is 22.5. The minimum absolute atomic E-state index is 0.0515. The molecule has 0 amide bonds. The summed E-state index contributed by atoms with van der Waals surface area (Å²) in [7, 11) is 0. The van der Waals surface area contributed by atoms with Crippen molar-refractivity contribution in [2.75, 3.05) is 18.0 Å². The van der Waals surface area contributed by atoms with Crippen LogP contribution in [0.25, 0.3) is 0 Å². The summed E-state index contributed by atoms with van der Waals surface area (Å²) in [5, 5.41) is 0. The standard InChI is InChI=1S/C28H34N2O2/c1-4-10-22-18-26(31)27(17-20-13-15-23(16-14-20)30(5-2)6-3)32-28(22)29-25-19-24(25)21-11-8-7-9-12-21/h7-9,11-16,18,24-25,27H,4-6,10,17,19H2,1-3H3/b29-28+. The summed E-state index contributed by atoms with van der Waals surface area (Å²) in [5.41, 5.74) is 4.60. The number of aliphatic imine (C=N–C) groups is 1. The molecular weight excluding hydrogens is 396 g/mol. The van der Waals surface area contributed by atoms with Crippen LogP contribution < -0.4 is 4.90 Å². The minimum atomic E-state index is -0.498. The molecule has 32 heavy (non-hydrogen) atoms. The third kappa shape index (κ3) is 5.12. The van der Waals surface area contributed by atoms with Gasteiger partial charge in [0.05, 0.1) is 6.04 Å². The Morgan fingerprint density at radius 1 is 1.00 bits per heavy atom. The SMILES string of the molecule is CCCC1=CC(=O)C(Cc2ccc(N(CC)CC)cc2)O/C1=N/C1CC1c1ccccc1. The van der Waals surface area contributed by atoms with E-state index in [1.807, 2.05) is 6.07 Å². The Morgan fingerprint density at radius 2 is 1.72 bits per heavy atom. The maximum absolute atomic E-state index is 12.8. The first kappa shape index (κ1) is 22.3. The molecule has 1 aliphatic carbocycles. The molecule has 2 aromatic carbocycles. The van der Waals surface area contributed by atoms with Crippen LogP contribution in [-0.4, -0.2) is 36.9 Å². The fourth-order valence-electron chi connectivity index (χ4n) is 4.48. The molecule has 2 aliphatic rings. The largest absolute Gasteiger partial charge is 0.466 e. The lowest BCUT2D eigenvalue weighted by molar-refractivity contribution is -0.122. The van der Waals surface area contributed by atoms with Gasteiger partial charge in [-0.1, -0.05) is 55.8 Å². The van der Waals surface area contributed by atoms with Crippen LogP contribution in [-0.2, 0) is 16.0 Å². The van der Waals surface area contributed by atoms with E-state index >= 15 is 0 Å². The van der Waals surface area contributed by atoms with E-state index in [0.717, 1.165) is 43.5 Å². The number of hydrogen-bond donors (Lipinski definition) is 0. The zero-order valence-corrected chi connectivity index (χ0v) is 19.5. The van der Waals surface area contributed by atoms with E-state index in [1.165, 1.54) is 11.3 Å². The predicted molar refractivity (Wildman–Crippen MR) is 132 cm³/mol. The first-order valence-electron chi connectivity index (χ1n) is 12.0. The summed E-state index contributed by atoms with van der Waals surface area (Å²) < 4.78 is 6.24. The Balaban J connectivity index is 1.48. The fraction of sp³-hybridized carbons (Fsp3) is 0.429. The molecule has 3 atom stereocenters. The molecule has 4 nitrogen and oxygen atoms in total. The lowest BCUT2D eigenvalue weighted by Gasteiger charge is -2.25. The second-order valence-electron chi connectivity index (χ2n) is 8.73. The van der Waals surface area contributed by atoms with Crippen LogP contribution in [0, 0.1) is 0 Å². The van der Waals surface area contributed by atoms with Gasteiger partial charge in [0.15, 0.2) is 11.9 Å². The molecule has 4 heteroatoms. The van der Waals surface area contributed by atoms with Crippen molar-refractivity contribution in [1.82, 2.24) is 0 Å². The van der Waals surface area contributed by atoms with Crippen LogP contribution in [0.15, 0.2) is 71.2 Å². The van der Waals surface area contributed by atoms with E-state index < -0.39 is 6.10 Å². The van der Waals surface area contributed by atoms with Crippen LogP contribution in [0.1, 0.15) is 57.1 Å². The summed E-state index contributed by atoms with van der Waals surface area (Å²) in [5.74, 6) is 1.19. The van der Waals surface area contributed by atoms with Crippen molar-refractivity contribution in [2.45, 2.75) is 64.5 Å². The molecule has 0 radical (unpaired) electrons. The molecule has 0 saturated heterocycles. The molecular formula is C28H34N2O2.